The second-order valence-corrected chi connectivity index (χ2v) is 6.10. The molecule has 0 saturated carbocycles. The number of hydrogen-bond acceptors (Lipinski definition) is 1. The number of halogens is 3. The van der Waals surface area contributed by atoms with Crippen LogP contribution < -0.4 is 5.32 Å². The number of amides is 1. The largest absolute Gasteiger partial charge is 0.351 e. The number of carbonyl (C=O) groups is 1. The zero-order valence-corrected chi connectivity index (χ0v) is 12.8. The minimum absolute atomic E-state index is 0.0518. The van der Waals surface area contributed by atoms with Gasteiger partial charge in [-0.1, -0.05) is 35.8 Å². The summed E-state index contributed by atoms with van der Waals surface area (Å²) in [4.78, 5) is 12.0. The quantitative estimate of drug-likeness (QED) is 0.808. The van der Waals surface area contributed by atoms with Gasteiger partial charge in [0, 0.05) is 15.8 Å². The lowest BCUT2D eigenvalue weighted by Gasteiger charge is -2.15. The molecule has 1 aromatic carbocycles. The molecule has 0 radical (unpaired) electrons. The lowest BCUT2D eigenvalue weighted by molar-refractivity contribution is 0.0948. The zero-order chi connectivity index (χ0) is 13.0. The van der Waals surface area contributed by atoms with Gasteiger partial charge in [0.25, 0.3) is 5.91 Å². The minimum Gasteiger partial charge on any atom is -0.351 e. The third kappa shape index (κ3) is 4.07. The lowest BCUT2D eigenvalue weighted by Crippen LogP contribution is -2.32. The third-order valence-electron chi connectivity index (χ3n) is 2.37. The van der Waals surface area contributed by atoms with Crippen LogP contribution in [0.4, 0.5) is 4.39 Å². The van der Waals surface area contributed by atoms with Gasteiger partial charge in [0.15, 0.2) is 0 Å². The maximum atomic E-state index is 13.5. The van der Waals surface area contributed by atoms with E-state index in [-0.39, 0.29) is 10.4 Å². The van der Waals surface area contributed by atoms with Crippen molar-refractivity contribution in [3.05, 3.63) is 34.1 Å². The molecule has 0 aliphatic heterocycles. The molecule has 1 aromatic rings. The molecular weight excluding hydrogens is 353 g/mol. The van der Waals surface area contributed by atoms with E-state index in [9.17, 15) is 9.18 Å². The Hall–Kier alpha value is -0.420. The van der Waals surface area contributed by atoms with Crippen LogP contribution in [0.15, 0.2) is 22.7 Å². The van der Waals surface area contributed by atoms with E-state index in [1.165, 1.54) is 6.07 Å². The van der Waals surface area contributed by atoms with E-state index in [1.54, 1.807) is 12.1 Å². The van der Waals surface area contributed by atoms with Crippen LogP contribution in [-0.4, -0.2) is 17.3 Å². The van der Waals surface area contributed by atoms with Crippen molar-refractivity contribution in [1.29, 1.82) is 0 Å². The molecule has 17 heavy (non-hydrogen) atoms. The van der Waals surface area contributed by atoms with Crippen LogP contribution in [-0.2, 0) is 0 Å². The highest BCUT2D eigenvalue weighted by Crippen LogP contribution is 2.19. The van der Waals surface area contributed by atoms with E-state index in [1.807, 2.05) is 13.8 Å². The average molecular weight is 367 g/mol. The van der Waals surface area contributed by atoms with Crippen molar-refractivity contribution >= 4 is 37.8 Å². The maximum absolute atomic E-state index is 13.5. The molecule has 1 N–H and O–H groups in total. The predicted octanol–water partition coefficient (Wildman–Crippen LogP) is 3.74. The fraction of sp³-hybridized carbons (Fsp3) is 0.417. The summed E-state index contributed by atoms with van der Waals surface area (Å²) in [5.74, 6) is -0.521. The molecule has 1 unspecified atom stereocenters. The Labute approximate surface area is 117 Å². The molecule has 0 aromatic heterocycles. The van der Waals surface area contributed by atoms with Gasteiger partial charge in [0.2, 0.25) is 0 Å². The van der Waals surface area contributed by atoms with Crippen molar-refractivity contribution in [2.75, 3.05) is 6.54 Å². The topological polar surface area (TPSA) is 29.1 Å². The number of nitrogens with one attached hydrogen (secondary N) is 1. The summed E-state index contributed by atoms with van der Waals surface area (Å²) >= 11 is 6.63. The van der Waals surface area contributed by atoms with Crippen LogP contribution >= 0.6 is 31.9 Å². The second-order valence-electron chi connectivity index (χ2n) is 4.07. The summed E-state index contributed by atoms with van der Waals surface area (Å²) in [6.07, 6.45) is 0. The molecule has 1 atom stereocenters. The van der Waals surface area contributed by atoms with E-state index in [2.05, 4.69) is 37.2 Å². The molecule has 0 saturated heterocycles. The van der Waals surface area contributed by atoms with Crippen LogP contribution in [0.3, 0.4) is 0 Å². The van der Waals surface area contributed by atoms with Crippen molar-refractivity contribution in [1.82, 2.24) is 5.32 Å². The van der Waals surface area contributed by atoms with E-state index in [0.29, 0.717) is 16.9 Å². The van der Waals surface area contributed by atoms with Crippen LogP contribution in [0.1, 0.15) is 24.2 Å². The number of benzene rings is 1. The Balaban J connectivity index is 2.71. The Morgan fingerprint density at radius 3 is 2.65 bits per heavy atom. The van der Waals surface area contributed by atoms with E-state index < -0.39 is 11.7 Å². The highest BCUT2D eigenvalue weighted by Gasteiger charge is 2.17. The summed E-state index contributed by atoms with van der Waals surface area (Å²) in [5.41, 5.74) is 0.0518. The van der Waals surface area contributed by atoms with E-state index >= 15 is 0 Å². The van der Waals surface area contributed by atoms with Gasteiger partial charge < -0.3 is 5.32 Å². The molecular formula is C12H14Br2FNO. The van der Waals surface area contributed by atoms with Crippen LogP contribution in [0.25, 0.3) is 0 Å². The highest BCUT2D eigenvalue weighted by molar-refractivity contribution is 9.10. The lowest BCUT2D eigenvalue weighted by atomic mass is 10.1. The molecule has 0 aliphatic carbocycles. The number of hydrogen-bond donors (Lipinski definition) is 1. The number of carbonyl (C=O) groups excluding carboxylic acids is 1. The van der Waals surface area contributed by atoms with Crippen LogP contribution in [0.5, 0.6) is 0 Å². The van der Waals surface area contributed by atoms with Crippen molar-refractivity contribution in [2.24, 2.45) is 5.92 Å². The van der Waals surface area contributed by atoms with Gasteiger partial charge in [-0.15, -0.1) is 0 Å². The number of rotatable bonds is 4. The van der Waals surface area contributed by atoms with E-state index in [4.69, 9.17) is 0 Å². The van der Waals surface area contributed by atoms with Gasteiger partial charge in [-0.05, 0) is 34.0 Å². The zero-order valence-electron chi connectivity index (χ0n) is 9.64. The molecule has 0 spiro atoms. The first kappa shape index (κ1) is 14.6. The van der Waals surface area contributed by atoms with Gasteiger partial charge in [-0.3, -0.25) is 4.79 Å². The van der Waals surface area contributed by atoms with Crippen molar-refractivity contribution < 1.29 is 9.18 Å². The molecule has 94 valence electrons. The van der Waals surface area contributed by atoms with Gasteiger partial charge in [-0.25, -0.2) is 4.39 Å². The normalized spacial score (nSPS) is 12.6. The fourth-order valence-electron chi connectivity index (χ4n) is 1.23. The summed E-state index contributed by atoms with van der Waals surface area (Å²) in [7, 11) is 0. The molecule has 1 rings (SSSR count). The van der Waals surface area contributed by atoms with Crippen molar-refractivity contribution in [3.63, 3.8) is 0 Å². The minimum atomic E-state index is -0.521. The monoisotopic (exact) mass is 365 g/mol. The first-order valence-electron chi connectivity index (χ1n) is 5.29. The highest BCUT2D eigenvalue weighted by atomic mass is 79.9. The predicted molar refractivity (Wildman–Crippen MR) is 74.0 cm³/mol. The van der Waals surface area contributed by atoms with Gasteiger partial charge in [-0.2, -0.15) is 0 Å². The fourth-order valence-corrected chi connectivity index (χ4v) is 1.91. The summed E-state index contributed by atoms with van der Waals surface area (Å²) in [6, 6.07) is 4.47. The molecule has 1 amide bonds. The Kier molecular flexibility index (Phi) is 5.59. The summed E-state index contributed by atoms with van der Waals surface area (Å²) in [6.45, 7) is 4.56. The first-order valence-corrected chi connectivity index (χ1v) is 7.00. The maximum Gasteiger partial charge on any atom is 0.255 e. The molecule has 0 heterocycles. The first-order chi connectivity index (χ1) is 7.93. The molecule has 2 nitrogen and oxygen atoms in total. The number of alkyl halides is 1. The van der Waals surface area contributed by atoms with Crippen molar-refractivity contribution in [3.8, 4) is 0 Å². The van der Waals surface area contributed by atoms with Gasteiger partial charge in [0.05, 0.1) is 5.56 Å². The molecule has 5 heteroatoms. The Morgan fingerprint density at radius 2 is 2.12 bits per heavy atom. The van der Waals surface area contributed by atoms with Crippen LogP contribution in [0, 0.1) is 11.7 Å². The SMILES string of the molecule is CC(C)C(Br)CNC(=O)c1c(F)cccc1Br. The van der Waals surface area contributed by atoms with E-state index in [0.717, 1.165) is 0 Å². The standard InChI is InChI=1S/C12H14Br2FNO/c1-7(2)9(14)6-16-12(17)11-8(13)4-3-5-10(11)15/h3-5,7,9H,6H2,1-2H3,(H,16,17). The Morgan fingerprint density at radius 1 is 1.47 bits per heavy atom. The second kappa shape index (κ2) is 6.50. The van der Waals surface area contributed by atoms with Gasteiger partial charge >= 0.3 is 0 Å². The third-order valence-corrected chi connectivity index (χ3v) is 4.41. The van der Waals surface area contributed by atoms with Crippen LogP contribution in [0.2, 0.25) is 0 Å². The summed E-state index contributed by atoms with van der Waals surface area (Å²) in [5, 5.41) is 2.71. The van der Waals surface area contributed by atoms with Gasteiger partial charge in [0.1, 0.15) is 5.82 Å². The Bertz CT molecular complexity index is 389. The molecule has 0 fully saturated rings. The summed E-state index contributed by atoms with van der Waals surface area (Å²) < 4.78 is 13.9. The average Bonchev–Trinajstić information content (AvgIpc) is 2.25. The van der Waals surface area contributed by atoms with Crippen molar-refractivity contribution in [2.45, 2.75) is 18.7 Å². The molecule has 0 bridgehead atoms. The smallest absolute Gasteiger partial charge is 0.255 e. The molecule has 0 aliphatic rings.